The Hall–Kier alpha value is -1.31. The molecule has 1 rings (SSSR count). The molecule has 0 heterocycles. The van der Waals surface area contributed by atoms with Crippen molar-refractivity contribution in [1.82, 2.24) is 0 Å². The third-order valence-electron chi connectivity index (χ3n) is 2.55. The van der Waals surface area contributed by atoms with E-state index in [9.17, 15) is 8.42 Å². The van der Waals surface area contributed by atoms with Crippen LogP contribution in [0.15, 0.2) is 18.2 Å². The molecule has 0 aliphatic heterocycles. The molecule has 0 aliphatic carbocycles. The first-order valence-corrected chi connectivity index (χ1v) is 7.85. The number of aryl methyl sites for hydroxylation is 1. The van der Waals surface area contributed by atoms with E-state index in [1.165, 1.54) is 7.11 Å². The van der Waals surface area contributed by atoms with Crippen LogP contribution in [-0.2, 0) is 19.5 Å². The van der Waals surface area contributed by atoms with Gasteiger partial charge in [-0.1, -0.05) is 6.07 Å². The summed E-state index contributed by atoms with van der Waals surface area (Å²) in [6, 6.07) is 5.30. The molecule has 0 fully saturated rings. The van der Waals surface area contributed by atoms with Crippen LogP contribution in [0.2, 0.25) is 0 Å². The second-order valence-corrected chi connectivity index (χ2v) is 6.07. The third-order valence-corrected chi connectivity index (χ3v) is 3.78. The quantitative estimate of drug-likeness (QED) is 0.698. The Morgan fingerprint density at radius 1 is 1.15 bits per heavy atom. The lowest BCUT2D eigenvalue weighted by atomic mass is 10.2. The number of nitrogens with one attached hydrogen (secondary N) is 1. The second kappa shape index (κ2) is 8.08. The van der Waals surface area contributed by atoms with Gasteiger partial charge in [0.25, 0.3) is 0 Å². The summed E-state index contributed by atoms with van der Waals surface area (Å²) in [4.78, 5) is 0. The van der Waals surface area contributed by atoms with Gasteiger partial charge >= 0.3 is 0 Å². The molecule has 1 N–H and O–H groups in total. The van der Waals surface area contributed by atoms with Crippen LogP contribution in [-0.4, -0.2) is 48.2 Å². The Labute approximate surface area is 120 Å². The van der Waals surface area contributed by atoms with Crippen molar-refractivity contribution >= 4 is 15.7 Å². The van der Waals surface area contributed by atoms with Crippen LogP contribution in [0, 0.1) is 6.92 Å². The molecular weight excluding hydrogens is 282 g/mol. The normalized spacial score (nSPS) is 11.3. The van der Waals surface area contributed by atoms with Crippen molar-refractivity contribution in [2.45, 2.75) is 6.92 Å². The van der Waals surface area contributed by atoms with Gasteiger partial charge in [-0.05, 0) is 24.6 Å². The SMILES string of the molecule is COCCOCCS(=O)(=O)Nc1cc(C)ccc1OC. The highest BCUT2D eigenvalue weighted by atomic mass is 32.2. The van der Waals surface area contributed by atoms with Gasteiger partial charge < -0.3 is 14.2 Å². The number of methoxy groups -OCH3 is 2. The van der Waals surface area contributed by atoms with Crippen LogP contribution in [0.4, 0.5) is 5.69 Å². The fourth-order valence-electron chi connectivity index (χ4n) is 1.53. The van der Waals surface area contributed by atoms with E-state index in [0.29, 0.717) is 24.7 Å². The lowest BCUT2D eigenvalue weighted by molar-refractivity contribution is 0.0785. The van der Waals surface area contributed by atoms with Crippen molar-refractivity contribution in [1.29, 1.82) is 0 Å². The van der Waals surface area contributed by atoms with Crippen molar-refractivity contribution in [3.05, 3.63) is 23.8 Å². The van der Waals surface area contributed by atoms with Gasteiger partial charge in [-0.3, -0.25) is 4.72 Å². The Bertz CT molecular complexity index is 515. The van der Waals surface area contributed by atoms with Gasteiger partial charge in [0.2, 0.25) is 10.0 Å². The molecule has 0 unspecified atom stereocenters. The van der Waals surface area contributed by atoms with Gasteiger partial charge in [0, 0.05) is 7.11 Å². The fourth-order valence-corrected chi connectivity index (χ4v) is 2.47. The molecular formula is C13H21NO5S. The summed E-state index contributed by atoms with van der Waals surface area (Å²) in [6.07, 6.45) is 0. The highest BCUT2D eigenvalue weighted by Crippen LogP contribution is 2.26. The van der Waals surface area contributed by atoms with E-state index < -0.39 is 10.0 Å². The summed E-state index contributed by atoms with van der Waals surface area (Å²) in [5.41, 5.74) is 1.38. The Kier molecular flexibility index (Phi) is 6.77. The predicted molar refractivity (Wildman–Crippen MR) is 77.8 cm³/mol. The molecule has 0 saturated heterocycles. The second-order valence-electron chi connectivity index (χ2n) is 4.23. The zero-order chi connectivity index (χ0) is 15.0. The smallest absolute Gasteiger partial charge is 0.235 e. The Balaban J connectivity index is 2.59. The largest absolute Gasteiger partial charge is 0.495 e. The molecule has 1 aromatic rings. The predicted octanol–water partition coefficient (Wildman–Crippen LogP) is 1.41. The molecule has 0 aromatic heterocycles. The average Bonchev–Trinajstić information content (AvgIpc) is 2.38. The number of rotatable bonds is 9. The summed E-state index contributed by atoms with van der Waals surface area (Å²) in [6.45, 7) is 2.82. The minimum Gasteiger partial charge on any atom is -0.495 e. The van der Waals surface area contributed by atoms with Crippen LogP contribution in [0.25, 0.3) is 0 Å². The summed E-state index contributed by atoms with van der Waals surface area (Å²) >= 11 is 0. The van der Waals surface area contributed by atoms with Gasteiger partial charge in [-0.2, -0.15) is 0 Å². The molecule has 20 heavy (non-hydrogen) atoms. The molecule has 6 nitrogen and oxygen atoms in total. The highest BCUT2D eigenvalue weighted by molar-refractivity contribution is 7.92. The van der Waals surface area contributed by atoms with Gasteiger partial charge in [0.05, 0.1) is 38.4 Å². The van der Waals surface area contributed by atoms with E-state index in [1.54, 1.807) is 19.2 Å². The lowest BCUT2D eigenvalue weighted by Crippen LogP contribution is -2.21. The topological polar surface area (TPSA) is 73.9 Å². The van der Waals surface area contributed by atoms with E-state index in [4.69, 9.17) is 14.2 Å². The van der Waals surface area contributed by atoms with E-state index in [-0.39, 0.29) is 12.4 Å². The van der Waals surface area contributed by atoms with Crippen LogP contribution in [0.5, 0.6) is 5.75 Å². The number of anilines is 1. The van der Waals surface area contributed by atoms with Crippen LogP contribution in [0.1, 0.15) is 5.56 Å². The maximum absolute atomic E-state index is 11.9. The first-order valence-electron chi connectivity index (χ1n) is 6.20. The number of benzene rings is 1. The molecule has 1 aromatic carbocycles. The minimum atomic E-state index is -3.47. The van der Waals surface area contributed by atoms with Crippen molar-refractivity contribution in [3.63, 3.8) is 0 Å². The van der Waals surface area contributed by atoms with Gasteiger partial charge in [-0.15, -0.1) is 0 Å². The summed E-state index contributed by atoms with van der Waals surface area (Å²) in [5, 5.41) is 0. The number of hydrogen-bond acceptors (Lipinski definition) is 5. The molecule has 0 radical (unpaired) electrons. The van der Waals surface area contributed by atoms with Gasteiger partial charge in [-0.25, -0.2) is 8.42 Å². The van der Waals surface area contributed by atoms with Gasteiger partial charge in [0.1, 0.15) is 5.75 Å². The highest BCUT2D eigenvalue weighted by Gasteiger charge is 2.13. The Morgan fingerprint density at radius 2 is 1.90 bits per heavy atom. The van der Waals surface area contributed by atoms with E-state index in [2.05, 4.69) is 4.72 Å². The first kappa shape index (κ1) is 16.7. The summed E-state index contributed by atoms with van der Waals surface area (Å²) < 4.78 is 41.5. The van der Waals surface area contributed by atoms with Crippen molar-refractivity contribution in [2.24, 2.45) is 0 Å². The van der Waals surface area contributed by atoms with E-state index >= 15 is 0 Å². The number of ether oxygens (including phenoxy) is 3. The van der Waals surface area contributed by atoms with Crippen molar-refractivity contribution in [3.8, 4) is 5.75 Å². The zero-order valence-electron chi connectivity index (χ0n) is 12.0. The van der Waals surface area contributed by atoms with Gasteiger partial charge in [0.15, 0.2) is 0 Å². The molecule has 0 atom stereocenters. The van der Waals surface area contributed by atoms with E-state index in [0.717, 1.165) is 5.56 Å². The average molecular weight is 303 g/mol. The fraction of sp³-hybridized carbons (Fsp3) is 0.538. The van der Waals surface area contributed by atoms with E-state index in [1.807, 2.05) is 13.0 Å². The lowest BCUT2D eigenvalue weighted by Gasteiger charge is -2.12. The minimum absolute atomic E-state index is 0.117. The monoisotopic (exact) mass is 303 g/mol. The standard InChI is InChI=1S/C13H21NO5S/c1-11-4-5-13(18-3)12(10-11)14-20(15,16)9-8-19-7-6-17-2/h4-5,10,14H,6-9H2,1-3H3. The van der Waals surface area contributed by atoms with Crippen LogP contribution < -0.4 is 9.46 Å². The molecule has 0 saturated carbocycles. The number of sulfonamides is 1. The molecule has 0 aliphatic rings. The van der Waals surface area contributed by atoms with Crippen LogP contribution >= 0.6 is 0 Å². The first-order chi connectivity index (χ1) is 9.48. The molecule has 0 amide bonds. The third kappa shape index (κ3) is 5.77. The maximum atomic E-state index is 11.9. The van der Waals surface area contributed by atoms with Crippen molar-refractivity contribution < 1.29 is 22.6 Å². The maximum Gasteiger partial charge on any atom is 0.235 e. The molecule has 114 valence electrons. The Morgan fingerprint density at radius 3 is 2.55 bits per heavy atom. The molecule has 0 bridgehead atoms. The molecule has 7 heteroatoms. The number of hydrogen-bond donors (Lipinski definition) is 1. The zero-order valence-corrected chi connectivity index (χ0v) is 12.8. The molecule has 0 spiro atoms. The summed E-state index contributed by atoms with van der Waals surface area (Å²) in [7, 11) is -0.409. The van der Waals surface area contributed by atoms with Crippen LogP contribution in [0.3, 0.4) is 0 Å². The summed E-state index contributed by atoms with van der Waals surface area (Å²) in [5.74, 6) is 0.368. The van der Waals surface area contributed by atoms with Crippen molar-refractivity contribution in [2.75, 3.05) is 44.5 Å².